The van der Waals surface area contributed by atoms with Gasteiger partial charge in [0, 0.05) is 0 Å². The van der Waals surface area contributed by atoms with E-state index in [9.17, 15) is 4.79 Å². The van der Waals surface area contributed by atoms with Gasteiger partial charge in [-0.05, 0) is 25.0 Å². The Kier molecular flexibility index (Phi) is 3.64. The first kappa shape index (κ1) is 12.3. The lowest BCUT2D eigenvalue weighted by atomic mass is 9.82. The molecule has 0 radical (unpaired) electrons. The molecule has 5 heteroatoms. The fraction of sp³-hybridized carbons (Fsp3) is 0.500. The Balaban J connectivity index is 2.05. The third kappa shape index (κ3) is 2.96. The molecule has 0 aromatic carbocycles. The summed E-state index contributed by atoms with van der Waals surface area (Å²) in [6.07, 6.45) is 4.64. The van der Waals surface area contributed by atoms with Crippen molar-refractivity contribution in [3.05, 3.63) is 23.4 Å². The van der Waals surface area contributed by atoms with Gasteiger partial charge in [0.05, 0.1) is 5.54 Å². The number of hydrogen-bond donors (Lipinski definition) is 2. The van der Waals surface area contributed by atoms with E-state index in [-0.39, 0.29) is 5.91 Å². The van der Waals surface area contributed by atoms with E-state index in [2.05, 4.69) is 10.3 Å². The average molecular weight is 254 g/mol. The highest BCUT2D eigenvalue weighted by molar-refractivity contribution is 6.29. The monoisotopic (exact) mass is 253 g/mol. The maximum atomic E-state index is 12.1. The van der Waals surface area contributed by atoms with E-state index in [0.717, 1.165) is 32.1 Å². The molecular formula is C12H16ClN3O. The van der Waals surface area contributed by atoms with Gasteiger partial charge in [0.1, 0.15) is 11.0 Å². The van der Waals surface area contributed by atoms with Gasteiger partial charge in [-0.1, -0.05) is 36.9 Å². The van der Waals surface area contributed by atoms with Gasteiger partial charge in [-0.3, -0.25) is 4.79 Å². The molecule has 0 bridgehead atoms. The summed E-state index contributed by atoms with van der Waals surface area (Å²) < 4.78 is 0. The summed E-state index contributed by atoms with van der Waals surface area (Å²) in [6, 6.07) is 5.11. The van der Waals surface area contributed by atoms with Crippen LogP contribution in [0.4, 0.5) is 5.82 Å². The molecule has 1 saturated carbocycles. The Morgan fingerprint density at radius 1 is 1.35 bits per heavy atom. The molecule has 1 aromatic rings. The minimum Gasteiger partial charge on any atom is -0.317 e. The molecule has 1 fully saturated rings. The van der Waals surface area contributed by atoms with Crippen LogP contribution in [0.15, 0.2) is 18.2 Å². The van der Waals surface area contributed by atoms with Crippen LogP contribution in [0.5, 0.6) is 0 Å². The first-order valence-corrected chi connectivity index (χ1v) is 6.21. The molecule has 1 heterocycles. The standard InChI is InChI=1S/C12H16ClN3O/c13-9-5-4-6-10(15-9)16-11(17)12(14)7-2-1-3-8-12/h4-6H,1-3,7-8,14H2,(H,15,16,17). The summed E-state index contributed by atoms with van der Waals surface area (Å²) in [6.45, 7) is 0. The molecule has 1 aromatic heterocycles. The number of nitrogens with two attached hydrogens (primary N) is 1. The van der Waals surface area contributed by atoms with E-state index in [4.69, 9.17) is 17.3 Å². The van der Waals surface area contributed by atoms with Crippen molar-refractivity contribution in [3.8, 4) is 0 Å². The van der Waals surface area contributed by atoms with Gasteiger partial charge < -0.3 is 11.1 Å². The summed E-state index contributed by atoms with van der Waals surface area (Å²) >= 11 is 5.76. The molecule has 1 amide bonds. The van der Waals surface area contributed by atoms with E-state index in [0.29, 0.717) is 11.0 Å². The second-order valence-electron chi connectivity index (χ2n) is 4.52. The Hall–Kier alpha value is -1.13. The summed E-state index contributed by atoms with van der Waals surface area (Å²) in [7, 11) is 0. The molecule has 0 spiro atoms. The Morgan fingerprint density at radius 3 is 2.71 bits per heavy atom. The summed E-state index contributed by atoms with van der Waals surface area (Å²) in [5, 5.41) is 3.09. The average Bonchev–Trinajstić information content (AvgIpc) is 2.30. The number of pyridine rings is 1. The number of carbonyl (C=O) groups is 1. The number of nitrogens with zero attached hydrogens (tertiary/aromatic N) is 1. The van der Waals surface area contributed by atoms with Gasteiger partial charge in [-0.15, -0.1) is 0 Å². The molecule has 1 aliphatic carbocycles. The van der Waals surface area contributed by atoms with Crippen LogP contribution in [0.2, 0.25) is 5.15 Å². The maximum Gasteiger partial charge on any atom is 0.245 e. The Labute approximate surface area is 106 Å². The quantitative estimate of drug-likeness (QED) is 0.795. The Morgan fingerprint density at radius 2 is 2.06 bits per heavy atom. The first-order chi connectivity index (χ1) is 8.10. The fourth-order valence-corrected chi connectivity index (χ4v) is 2.29. The molecule has 4 nitrogen and oxygen atoms in total. The molecule has 1 aliphatic rings. The molecule has 0 unspecified atom stereocenters. The lowest BCUT2D eigenvalue weighted by Crippen LogP contribution is -2.52. The zero-order valence-corrected chi connectivity index (χ0v) is 10.3. The van der Waals surface area contributed by atoms with Crippen LogP contribution in [0.25, 0.3) is 0 Å². The highest BCUT2D eigenvalue weighted by Gasteiger charge is 2.35. The van der Waals surface area contributed by atoms with Gasteiger partial charge in [-0.2, -0.15) is 0 Å². The van der Waals surface area contributed by atoms with Crippen LogP contribution >= 0.6 is 11.6 Å². The predicted octanol–water partition coefficient (Wildman–Crippen LogP) is 2.34. The number of nitrogens with one attached hydrogen (secondary N) is 1. The number of amides is 1. The van der Waals surface area contributed by atoms with Gasteiger partial charge in [0.2, 0.25) is 5.91 Å². The van der Waals surface area contributed by atoms with E-state index in [1.807, 2.05) is 0 Å². The third-order valence-corrected chi connectivity index (χ3v) is 3.37. The normalized spacial score (nSPS) is 18.7. The number of aromatic nitrogens is 1. The van der Waals surface area contributed by atoms with E-state index < -0.39 is 5.54 Å². The van der Waals surface area contributed by atoms with E-state index >= 15 is 0 Å². The van der Waals surface area contributed by atoms with Crippen molar-refractivity contribution in [1.29, 1.82) is 0 Å². The number of anilines is 1. The van der Waals surface area contributed by atoms with Crippen LogP contribution in [-0.4, -0.2) is 16.4 Å². The largest absolute Gasteiger partial charge is 0.317 e. The fourth-order valence-electron chi connectivity index (χ4n) is 2.13. The lowest BCUT2D eigenvalue weighted by Gasteiger charge is -2.31. The van der Waals surface area contributed by atoms with Gasteiger partial charge in [-0.25, -0.2) is 4.98 Å². The predicted molar refractivity (Wildman–Crippen MR) is 67.9 cm³/mol. The zero-order valence-electron chi connectivity index (χ0n) is 9.58. The van der Waals surface area contributed by atoms with Crippen LogP contribution < -0.4 is 11.1 Å². The lowest BCUT2D eigenvalue weighted by molar-refractivity contribution is -0.122. The number of carbonyl (C=O) groups excluding carboxylic acids is 1. The molecule has 0 atom stereocenters. The van der Waals surface area contributed by atoms with Crippen molar-refractivity contribution in [3.63, 3.8) is 0 Å². The second kappa shape index (κ2) is 5.02. The number of halogens is 1. The van der Waals surface area contributed by atoms with Crippen LogP contribution in [-0.2, 0) is 4.79 Å². The van der Waals surface area contributed by atoms with Crippen molar-refractivity contribution in [2.24, 2.45) is 5.73 Å². The second-order valence-corrected chi connectivity index (χ2v) is 4.90. The topological polar surface area (TPSA) is 68.0 Å². The van der Waals surface area contributed by atoms with Crippen molar-refractivity contribution >= 4 is 23.3 Å². The van der Waals surface area contributed by atoms with Crippen molar-refractivity contribution < 1.29 is 4.79 Å². The smallest absolute Gasteiger partial charge is 0.245 e. The number of hydrogen-bond acceptors (Lipinski definition) is 3. The minimum atomic E-state index is -0.748. The molecule has 92 valence electrons. The molecule has 0 saturated heterocycles. The Bertz CT molecular complexity index is 416. The number of rotatable bonds is 2. The van der Waals surface area contributed by atoms with Crippen molar-refractivity contribution in [2.45, 2.75) is 37.6 Å². The van der Waals surface area contributed by atoms with E-state index in [1.54, 1.807) is 18.2 Å². The summed E-state index contributed by atoms with van der Waals surface area (Å²) in [5.41, 5.74) is 5.37. The molecule has 17 heavy (non-hydrogen) atoms. The molecular weight excluding hydrogens is 238 g/mol. The van der Waals surface area contributed by atoms with Crippen LogP contribution in [0.3, 0.4) is 0 Å². The van der Waals surface area contributed by atoms with Crippen molar-refractivity contribution in [2.75, 3.05) is 5.32 Å². The summed E-state index contributed by atoms with van der Waals surface area (Å²) in [4.78, 5) is 16.1. The van der Waals surface area contributed by atoms with Gasteiger partial charge in [0.15, 0.2) is 0 Å². The highest BCUT2D eigenvalue weighted by atomic mass is 35.5. The minimum absolute atomic E-state index is 0.160. The van der Waals surface area contributed by atoms with E-state index in [1.165, 1.54) is 0 Å². The summed E-state index contributed by atoms with van der Waals surface area (Å²) in [5.74, 6) is 0.296. The SMILES string of the molecule is NC1(C(=O)Nc2cccc(Cl)n2)CCCCC1. The molecule has 2 rings (SSSR count). The zero-order chi connectivity index (χ0) is 12.3. The molecule has 3 N–H and O–H groups in total. The maximum absolute atomic E-state index is 12.1. The highest BCUT2D eigenvalue weighted by Crippen LogP contribution is 2.27. The van der Waals surface area contributed by atoms with Gasteiger partial charge >= 0.3 is 0 Å². The first-order valence-electron chi connectivity index (χ1n) is 5.83. The van der Waals surface area contributed by atoms with Crippen LogP contribution in [0, 0.1) is 0 Å². The van der Waals surface area contributed by atoms with Crippen molar-refractivity contribution in [1.82, 2.24) is 4.98 Å². The molecule has 0 aliphatic heterocycles. The van der Waals surface area contributed by atoms with Crippen LogP contribution in [0.1, 0.15) is 32.1 Å². The third-order valence-electron chi connectivity index (χ3n) is 3.15. The van der Waals surface area contributed by atoms with Gasteiger partial charge in [0.25, 0.3) is 0 Å².